The van der Waals surface area contributed by atoms with Gasteiger partial charge in [0.1, 0.15) is 5.75 Å². The Labute approximate surface area is 138 Å². The van der Waals surface area contributed by atoms with E-state index in [1.165, 1.54) is 5.56 Å². The molecule has 0 radical (unpaired) electrons. The Balaban J connectivity index is 1.61. The summed E-state index contributed by atoms with van der Waals surface area (Å²) in [6, 6.07) is 17.9. The molecule has 0 aliphatic heterocycles. The Morgan fingerprint density at radius 1 is 1.04 bits per heavy atom. The van der Waals surface area contributed by atoms with Crippen molar-refractivity contribution in [3.8, 4) is 11.4 Å². The Bertz CT molecular complexity index is 800. The summed E-state index contributed by atoms with van der Waals surface area (Å²) in [5.74, 6) is 1.87. The van der Waals surface area contributed by atoms with Gasteiger partial charge >= 0.3 is 0 Å². The van der Waals surface area contributed by atoms with E-state index < -0.39 is 10.8 Å². The lowest BCUT2D eigenvalue weighted by atomic mass is 10.1. The summed E-state index contributed by atoms with van der Waals surface area (Å²) >= 11 is 0. The molecule has 1 unspecified atom stereocenters. The Morgan fingerprint density at radius 3 is 2.57 bits per heavy atom. The Hall–Kier alpha value is -2.27. The van der Waals surface area contributed by atoms with Crippen LogP contribution in [0.1, 0.15) is 17.0 Å². The van der Waals surface area contributed by atoms with E-state index in [-0.39, 0.29) is 0 Å². The van der Waals surface area contributed by atoms with Gasteiger partial charge in [-0.1, -0.05) is 59.8 Å². The third kappa shape index (κ3) is 4.13. The van der Waals surface area contributed by atoms with Gasteiger partial charge in [-0.15, -0.1) is 0 Å². The van der Waals surface area contributed by atoms with Crippen LogP contribution in [0.5, 0.6) is 0 Å². The standard InChI is InChI=1S/C18H18N2O2S/c1-14-7-5-6-10-16(14)18-19-17(22-20-18)13-23(21)12-11-15-8-3-2-4-9-15/h2-10H,11-13H2,1H3. The summed E-state index contributed by atoms with van der Waals surface area (Å²) in [5.41, 5.74) is 3.22. The van der Waals surface area contributed by atoms with Crippen LogP contribution in [-0.2, 0) is 23.0 Å². The molecule has 0 aliphatic rings. The Kier molecular flexibility index (Phi) is 4.98. The number of nitrogens with zero attached hydrogens (tertiary/aromatic N) is 2. The predicted octanol–water partition coefficient (Wildman–Crippen LogP) is 3.54. The third-order valence-electron chi connectivity index (χ3n) is 3.60. The van der Waals surface area contributed by atoms with Gasteiger partial charge in [0, 0.05) is 22.1 Å². The minimum Gasteiger partial charge on any atom is -0.338 e. The highest BCUT2D eigenvalue weighted by Crippen LogP contribution is 2.20. The zero-order chi connectivity index (χ0) is 16.1. The van der Waals surface area contributed by atoms with Gasteiger partial charge in [0.2, 0.25) is 11.7 Å². The molecule has 23 heavy (non-hydrogen) atoms. The van der Waals surface area contributed by atoms with Crippen LogP contribution in [0.2, 0.25) is 0 Å². The summed E-state index contributed by atoms with van der Waals surface area (Å²) in [6.07, 6.45) is 0.784. The van der Waals surface area contributed by atoms with Crippen LogP contribution in [0.4, 0.5) is 0 Å². The van der Waals surface area contributed by atoms with Crippen molar-refractivity contribution in [2.24, 2.45) is 0 Å². The monoisotopic (exact) mass is 326 g/mol. The van der Waals surface area contributed by atoms with E-state index in [0.717, 1.165) is 17.5 Å². The molecule has 1 heterocycles. The molecule has 1 atom stereocenters. The fourth-order valence-corrected chi connectivity index (χ4v) is 3.33. The van der Waals surface area contributed by atoms with Crippen molar-refractivity contribution in [1.82, 2.24) is 10.1 Å². The maximum absolute atomic E-state index is 12.2. The number of benzene rings is 2. The number of hydrogen-bond acceptors (Lipinski definition) is 4. The molecule has 0 fully saturated rings. The van der Waals surface area contributed by atoms with Crippen LogP contribution in [0.3, 0.4) is 0 Å². The molecule has 0 amide bonds. The van der Waals surface area contributed by atoms with Crippen molar-refractivity contribution in [2.75, 3.05) is 5.75 Å². The third-order valence-corrected chi connectivity index (χ3v) is 4.83. The van der Waals surface area contributed by atoms with Gasteiger partial charge in [-0.05, 0) is 24.5 Å². The van der Waals surface area contributed by atoms with Crippen LogP contribution in [0.15, 0.2) is 59.1 Å². The first-order valence-corrected chi connectivity index (χ1v) is 8.98. The molecule has 5 heteroatoms. The number of aryl methyl sites for hydroxylation is 2. The fraction of sp³-hybridized carbons (Fsp3) is 0.222. The first kappa shape index (κ1) is 15.6. The first-order chi connectivity index (χ1) is 11.2. The molecule has 0 saturated carbocycles. The predicted molar refractivity (Wildman–Crippen MR) is 91.3 cm³/mol. The molecule has 0 spiro atoms. The molecular weight excluding hydrogens is 308 g/mol. The van der Waals surface area contributed by atoms with E-state index in [1.54, 1.807) is 0 Å². The van der Waals surface area contributed by atoms with E-state index in [4.69, 9.17) is 4.52 Å². The summed E-state index contributed by atoms with van der Waals surface area (Å²) in [6.45, 7) is 2.00. The lowest BCUT2D eigenvalue weighted by Gasteiger charge is -2.00. The lowest BCUT2D eigenvalue weighted by Crippen LogP contribution is -2.04. The van der Waals surface area contributed by atoms with E-state index >= 15 is 0 Å². The van der Waals surface area contributed by atoms with E-state index in [0.29, 0.717) is 23.2 Å². The number of aromatic nitrogens is 2. The van der Waals surface area contributed by atoms with Crippen molar-refractivity contribution in [2.45, 2.75) is 19.1 Å². The van der Waals surface area contributed by atoms with E-state index in [9.17, 15) is 4.21 Å². The minimum atomic E-state index is -1.02. The molecule has 0 bridgehead atoms. The smallest absolute Gasteiger partial charge is 0.239 e. The SMILES string of the molecule is Cc1ccccc1-c1noc(CS(=O)CCc2ccccc2)n1. The van der Waals surface area contributed by atoms with Crippen LogP contribution in [-0.4, -0.2) is 20.1 Å². The van der Waals surface area contributed by atoms with Crippen molar-refractivity contribution in [1.29, 1.82) is 0 Å². The minimum absolute atomic E-state index is 0.297. The molecule has 118 valence electrons. The second-order valence-electron chi connectivity index (χ2n) is 5.35. The molecule has 3 rings (SSSR count). The highest BCUT2D eigenvalue weighted by molar-refractivity contribution is 7.84. The van der Waals surface area contributed by atoms with Gasteiger partial charge in [0.05, 0.1) is 0 Å². The van der Waals surface area contributed by atoms with Crippen LogP contribution < -0.4 is 0 Å². The largest absolute Gasteiger partial charge is 0.338 e. The second kappa shape index (κ2) is 7.33. The topological polar surface area (TPSA) is 56.0 Å². The Morgan fingerprint density at radius 2 is 1.78 bits per heavy atom. The van der Waals surface area contributed by atoms with Gasteiger partial charge in [0.25, 0.3) is 0 Å². The lowest BCUT2D eigenvalue weighted by molar-refractivity contribution is 0.390. The van der Waals surface area contributed by atoms with E-state index in [1.807, 2.05) is 61.5 Å². The number of hydrogen-bond donors (Lipinski definition) is 0. The van der Waals surface area contributed by atoms with E-state index in [2.05, 4.69) is 10.1 Å². The first-order valence-electron chi connectivity index (χ1n) is 7.50. The van der Waals surface area contributed by atoms with Crippen molar-refractivity contribution in [3.05, 3.63) is 71.6 Å². The molecule has 3 aromatic rings. The van der Waals surface area contributed by atoms with Crippen molar-refractivity contribution < 1.29 is 8.73 Å². The van der Waals surface area contributed by atoms with Gasteiger partial charge < -0.3 is 4.52 Å². The zero-order valence-corrected chi connectivity index (χ0v) is 13.8. The average molecular weight is 326 g/mol. The normalized spacial score (nSPS) is 12.2. The molecule has 1 aromatic heterocycles. The molecule has 0 N–H and O–H groups in total. The second-order valence-corrected chi connectivity index (χ2v) is 6.93. The quantitative estimate of drug-likeness (QED) is 0.695. The molecule has 2 aromatic carbocycles. The van der Waals surface area contributed by atoms with Gasteiger partial charge in [-0.3, -0.25) is 4.21 Å². The zero-order valence-electron chi connectivity index (χ0n) is 12.9. The summed E-state index contributed by atoms with van der Waals surface area (Å²) < 4.78 is 17.4. The van der Waals surface area contributed by atoms with Gasteiger partial charge in [-0.25, -0.2) is 0 Å². The van der Waals surface area contributed by atoms with Crippen LogP contribution in [0, 0.1) is 6.92 Å². The highest BCUT2D eigenvalue weighted by atomic mass is 32.2. The molecule has 0 saturated heterocycles. The molecule has 0 aliphatic carbocycles. The summed E-state index contributed by atoms with van der Waals surface area (Å²) in [4.78, 5) is 4.37. The van der Waals surface area contributed by atoms with Gasteiger partial charge in [-0.2, -0.15) is 4.98 Å². The maximum atomic E-state index is 12.2. The van der Waals surface area contributed by atoms with Crippen LogP contribution >= 0.6 is 0 Å². The molecular formula is C18H18N2O2S. The molecule has 4 nitrogen and oxygen atoms in total. The number of rotatable bonds is 6. The highest BCUT2D eigenvalue weighted by Gasteiger charge is 2.13. The maximum Gasteiger partial charge on any atom is 0.239 e. The van der Waals surface area contributed by atoms with Crippen molar-refractivity contribution >= 4 is 10.8 Å². The van der Waals surface area contributed by atoms with Crippen LogP contribution in [0.25, 0.3) is 11.4 Å². The summed E-state index contributed by atoms with van der Waals surface area (Å²) in [7, 11) is -1.02. The average Bonchev–Trinajstić information content (AvgIpc) is 3.02. The van der Waals surface area contributed by atoms with Gasteiger partial charge in [0.15, 0.2) is 0 Å². The fourth-order valence-electron chi connectivity index (χ4n) is 2.33. The summed E-state index contributed by atoms with van der Waals surface area (Å²) in [5, 5.41) is 4.00. The van der Waals surface area contributed by atoms with Crippen molar-refractivity contribution in [3.63, 3.8) is 0 Å².